The second-order valence-electron chi connectivity index (χ2n) is 5.54. The topological polar surface area (TPSA) is 43.7 Å². The second kappa shape index (κ2) is 5.71. The van der Waals surface area contributed by atoms with Crippen LogP contribution in [0.5, 0.6) is 0 Å². The first kappa shape index (κ1) is 14.3. The predicted octanol–water partition coefficient (Wildman–Crippen LogP) is 1.19. The molecule has 1 aliphatic carbocycles. The van der Waals surface area contributed by atoms with Crippen molar-refractivity contribution < 1.29 is 10.2 Å². The Morgan fingerprint density at radius 1 is 1.31 bits per heavy atom. The van der Waals surface area contributed by atoms with Crippen LogP contribution in [0.4, 0.5) is 0 Å². The molecular weight excluding hydrogens is 222 g/mol. The number of aliphatic hydroxyl groups is 2. The molecule has 16 heavy (non-hydrogen) atoms. The number of aliphatic hydroxyl groups excluding tert-OH is 2. The number of nitrogens with zero attached hydrogens (tertiary/aromatic N) is 1. The molecule has 0 aromatic carbocycles. The van der Waals surface area contributed by atoms with E-state index < -0.39 is 0 Å². The zero-order chi connectivity index (χ0) is 12.2. The molecule has 0 bridgehead atoms. The average molecular weight is 247 g/mol. The van der Waals surface area contributed by atoms with Crippen LogP contribution < -0.4 is 0 Å². The Hall–Kier alpha value is 0.230. The molecule has 0 atom stereocenters. The first-order chi connectivity index (χ1) is 7.49. The van der Waals surface area contributed by atoms with E-state index in [2.05, 4.69) is 18.2 Å². The predicted molar refractivity (Wildman–Crippen MR) is 69.9 cm³/mol. The van der Waals surface area contributed by atoms with Crippen LogP contribution in [-0.2, 0) is 0 Å². The SMILES string of the molecule is CSC1(CN(C)CC(C)(CO)CO)CCC1. The number of hydrogen-bond acceptors (Lipinski definition) is 4. The zero-order valence-electron chi connectivity index (χ0n) is 10.7. The van der Waals surface area contributed by atoms with E-state index in [9.17, 15) is 10.2 Å². The van der Waals surface area contributed by atoms with Crippen LogP contribution in [-0.4, -0.2) is 59.5 Å². The van der Waals surface area contributed by atoms with Gasteiger partial charge in [-0.3, -0.25) is 0 Å². The highest BCUT2D eigenvalue weighted by Gasteiger charge is 2.38. The first-order valence-corrected chi connectivity index (χ1v) is 7.17. The highest BCUT2D eigenvalue weighted by atomic mass is 32.2. The molecule has 1 aliphatic rings. The smallest absolute Gasteiger partial charge is 0.0519 e. The van der Waals surface area contributed by atoms with E-state index in [1.54, 1.807) is 0 Å². The van der Waals surface area contributed by atoms with Crippen molar-refractivity contribution in [1.29, 1.82) is 0 Å². The van der Waals surface area contributed by atoms with Crippen molar-refractivity contribution in [1.82, 2.24) is 4.90 Å². The molecule has 4 heteroatoms. The van der Waals surface area contributed by atoms with Gasteiger partial charge in [0.1, 0.15) is 0 Å². The van der Waals surface area contributed by atoms with Crippen molar-refractivity contribution in [3.63, 3.8) is 0 Å². The Morgan fingerprint density at radius 2 is 1.88 bits per heavy atom. The minimum absolute atomic E-state index is 0.0418. The van der Waals surface area contributed by atoms with Crippen molar-refractivity contribution >= 4 is 11.8 Å². The monoisotopic (exact) mass is 247 g/mol. The molecule has 0 aromatic heterocycles. The maximum Gasteiger partial charge on any atom is 0.0519 e. The Labute approximate surface area is 103 Å². The summed E-state index contributed by atoms with van der Waals surface area (Å²) in [5.41, 5.74) is -0.377. The van der Waals surface area contributed by atoms with Crippen LogP contribution in [0.15, 0.2) is 0 Å². The van der Waals surface area contributed by atoms with E-state index in [1.807, 2.05) is 18.7 Å². The van der Waals surface area contributed by atoms with Crippen molar-refractivity contribution in [2.24, 2.45) is 5.41 Å². The Bertz CT molecular complexity index is 195. The standard InChI is InChI=1S/C12H25NO2S/c1-11(9-14,10-15)7-13(2)8-12(16-3)5-4-6-12/h14-15H,4-10H2,1-3H3. The summed E-state index contributed by atoms with van der Waals surface area (Å²) in [4.78, 5) is 2.25. The molecule has 3 nitrogen and oxygen atoms in total. The molecule has 0 aromatic rings. The van der Waals surface area contributed by atoms with Crippen LogP contribution in [0.25, 0.3) is 0 Å². The van der Waals surface area contributed by atoms with E-state index in [0.717, 1.165) is 13.1 Å². The van der Waals surface area contributed by atoms with Gasteiger partial charge in [-0.05, 0) is 26.1 Å². The molecule has 0 amide bonds. The van der Waals surface area contributed by atoms with Gasteiger partial charge in [-0.2, -0.15) is 11.8 Å². The molecule has 0 unspecified atom stereocenters. The molecule has 96 valence electrons. The van der Waals surface area contributed by atoms with Gasteiger partial charge in [-0.25, -0.2) is 0 Å². The van der Waals surface area contributed by atoms with Crippen LogP contribution in [0.1, 0.15) is 26.2 Å². The van der Waals surface area contributed by atoms with Gasteiger partial charge < -0.3 is 15.1 Å². The molecule has 0 heterocycles. The molecular formula is C12H25NO2S. The molecule has 1 saturated carbocycles. The van der Waals surface area contributed by atoms with Gasteiger partial charge in [0.05, 0.1) is 13.2 Å². The lowest BCUT2D eigenvalue weighted by atomic mass is 9.83. The van der Waals surface area contributed by atoms with Gasteiger partial charge in [0, 0.05) is 23.3 Å². The summed E-state index contributed by atoms with van der Waals surface area (Å²) >= 11 is 1.96. The quantitative estimate of drug-likeness (QED) is 0.709. The third-order valence-corrected chi connectivity index (χ3v) is 5.07. The fourth-order valence-corrected chi connectivity index (χ4v) is 3.39. The summed E-state index contributed by atoms with van der Waals surface area (Å²) < 4.78 is 0.431. The third-order valence-electron chi connectivity index (χ3n) is 3.67. The number of rotatable bonds is 7. The fourth-order valence-electron chi connectivity index (χ4n) is 2.35. The molecule has 0 radical (unpaired) electrons. The third kappa shape index (κ3) is 3.36. The van der Waals surface area contributed by atoms with E-state index in [-0.39, 0.29) is 18.6 Å². The number of hydrogen-bond donors (Lipinski definition) is 2. The summed E-state index contributed by atoms with van der Waals surface area (Å²) in [6, 6.07) is 0. The maximum atomic E-state index is 9.27. The molecule has 1 fully saturated rings. The van der Waals surface area contributed by atoms with Gasteiger partial charge in [-0.1, -0.05) is 13.3 Å². The van der Waals surface area contributed by atoms with Crippen LogP contribution in [0.2, 0.25) is 0 Å². The molecule has 0 spiro atoms. The van der Waals surface area contributed by atoms with E-state index in [4.69, 9.17) is 0 Å². The zero-order valence-corrected chi connectivity index (χ0v) is 11.5. The fraction of sp³-hybridized carbons (Fsp3) is 1.00. The molecule has 0 aliphatic heterocycles. The van der Waals surface area contributed by atoms with Crippen molar-refractivity contribution in [2.45, 2.75) is 30.9 Å². The van der Waals surface area contributed by atoms with Crippen LogP contribution in [0.3, 0.4) is 0 Å². The highest BCUT2D eigenvalue weighted by Crippen LogP contribution is 2.43. The summed E-state index contributed by atoms with van der Waals surface area (Å²) in [5.74, 6) is 0. The minimum Gasteiger partial charge on any atom is -0.396 e. The summed E-state index contributed by atoms with van der Waals surface area (Å²) in [6.07, 6.45) is 6.12. The second-order valence-corrected chi connectivity index (χ2v) is 6.81. The maximum absolute atomic E-state index is 9.27. The first-order valence-electron chi connectivity index (χ1n) is 5.95. The average Bonchev–Trinajstić information content (AvgIpc) is 2.23. The Kier molecular flexibility index (Phi) is 5.10. The van der Waals surface area contributed by atoms with E-state index in [0.29, 0.717) is 4.75 Å². The molecule has 1 rings (SSSR count). The minimum atomic E-state index is -0.377. The van der Waals surface area contributed by atoms with Crippen molar-refractivity contribution in [3.8, 4) is 0 Å². The van der Waals surface area contributed by atoms with Gasteiger partial charge in [-0.15, -0.1) is 0 Å². The van der Waals surface area contributed by atoms with Gasteiger partial charge in [0.25, 0.3) is 0 Å². The van der Waals surface area contributed by atoms with Crippen molar-refractivity contribution in [3.05, 3.63) is 0 Å². The highest BCUT2D eigenvalue weighted by molar-refractivity contribution is 8.00. The lowest BCUT2D eigenvalue weighted by molar-refractivity contribution is 0.0371. The summed E-state index contributed by atoms with van der Waals surface area (Å²) in [5, 5.41) is 18.5. The molecule has 2 N–H and O–H groups in total. The van der Waals surface area contributed by atoms with Crippen LogP contribution >= 0.6 is 11.8 Å². The molecule has 0 saturated heterocycles. The summed E-state index contributed by atoms with van der Waals surface area (Å²) in [7, 11) is 2.08. The van der Waals surface area contributed by atoms with Gasteiger partial charge >= 0.3 is 0 Å². The Morgan fingerprint density at radius 3 is 2.19 bits per heavy atom. The largest absolute Gasteiger partial charge is 0.396 e. The van der Waals surface area contributed by atoms with Gasteiger partial charge in [0.15, 0.2) is 0 Å². The van der Waals surface area contributed by atoms with E-state index in [1.165, 1.54) is 19.3 Å². The summed E-state index contributed by atoms with van der Waals surface area (Å²) in [6.45, 7) is 3.82. The Balaban J connectivity index is 2.43. The number of thioether (sulfide) groups is 1. The van der Waals surface area contributed by atoms with Crippen LogP contribution in [0, 0.1) is 5.41 Å². The normalized spacial score (nSPS) is 19.9. The van der Waals surface area contributed by atoms with E-state index >= 15 is 0 Å². The lowest BCUT2D eigenvalue weighted by Crippen LogP contribution is -2.48. The lowest BCUT2D eigenvalue weighted by Gasteiger charge is -2.44. The van der Waals surface area contributed by atoms with Gasteiger partial charge in [0.2, 0.25) is 0 Å². The van der Waals surface area contributed by atoms with Crippen molar-refractivity contribution in [2.75, 3.05) is 39.6 Å².